The van der Waals surface area contributed by atoms with E-state index in [1.165, 1.54) is 0 Å². The number of fused-ring (bicyclic) bond motifs is 1. The fourth-order valence-electron chi connectivity index (χ4n) is 0.857. The monoisotopic (exact) mass is 154 g/mol. The van der Waals surface area contributed by atoms with Crippen LogP contribution >= 0.6 is 8.58 Å². The minimum Gasteiger partial charge on any atom is -0.454 e. The smallest absolute Gasteiger partial charge is 0.231 e. The van der Waals surface area contributed by atoms with Crippen molar-refractivity contribution < 1.29 is 9.47 Å². The van der Waals surface area contributed by atoms with Crippen molar-refractivity contribution in [2.24, 2.45) is 0 Å². The summed E-state index contributed by atoms with van der Waals surface area (Å²) in [5, 5.41) is 0. The summed E-state index contributed by atoms with van der Waals surface area (Å²) in [6.45, 7) is 0.371. The van der Waals surface area contributed by atoms with Crippen molar-refractivity contribution in [1.29, 1.82) is 0 Å². The van der Waals surface area contributed by atoms with Crippen LogP contribution in [0.25, 0.3) is 0 Å². The lowest BCUT2D eigenvalue weighted by atomic mass is 10.4. The summed E-state index contributed by atoms with van der Waals surface area (Å²) in [7, 11) is 0.708. The molecule has 1 unspecified atom stereocenters. The average molecular weight is 154 g/mol. The van der Waals surface area contributed by atoms with Gasteiger partial charge in [-0.3, -0.25) is 0 Å². The van der Waals surface area contributed by atoms with E-state index >= 15 is 0 Å². The molecule has 0 aromatic heterocycles. The van der Waals surface area contributed by atoms with Crippen molar-refractivity contribution in [2.75, 3.05) is 6.79 Å². The molecule has 3 heteroatoms. The molecule has 1 atom stereocenters. The summed E-state index contributed by atoms with van der Waals surface area (Å²) in [5.74, 6) is 5.89. The molecule has 2 heterocycles. The molecular formula is C7H7O2P. The van der Waals surface area contributed by atoms with Gasteiger partial charge in [-0.1, -0.05) is 20.5 Å². The third-order valence-electron chi connectivity index (χ3n) is 1.33. The summed E-state index contributed by atoms with van der Waals surface area (Å²) in [6, 6.07) is 0. The zero-order valence-corrected chi connectivity index (χ0v) is 6.33. The van der Waals surface area contributed by atoms with Gasteiger partial charge in [-0.15, -0.1) is 0 Å². The first-order valence-electron chi connectivity index (χ1n) is 3.06. The Morgan fingerprint density at radius 1 is 1.30 bits per heavy atom. The predicted octanol–water partition coefficient (Wildman–Crippen LogP) is 1.92. The van der Waals surface area contributed by atoms with Crippen LogP contribution in [0.15, 0.2) is 35.3 Å². The molecule has 2 aliphatic rings. The van der Waals surface area contributed by atoms with Gasteiger partial charge in [0.25, 0.3) is 0 Å². The van der Waals surface area contributed by atoms with Gasteiger partial charge in [0.2, 0.25) is 6.79 Å². The number of ether oxygens (including phenoxy) is 2. The van der Waals surface area contributed by atoms with Crippen molar-refractivity contribution in [3.8, 4) is 0 Å². The number of allylic oxidation sites excluding steroid dienone is 2. The minimum atomic E-state index is 0.371. The zero-order valence-electron chi connectivity index (χ0n) is 5.33. The summed E-state index contributed by atoms with van der Waals surface area (Å²) in [4.78, 5) is 0. The molecule has 0 saturated carbocycles. The van der Waals surface area contributed by atoms with Gasteiger partial charge in [-0.05, 0) is 11.9 Å². The van der Waals surface area contributed by atoms with Crippen LogP contribution in [0.4, 0.5) is 0 Å². The fraction of sp³-hybridized carbons (Fsp3) is 0.143. The summed E-state index contributed by atoms with van der Waals surface area (Å²) < 4.78 is 10.3. The Balaban J connectivity index is 2.34. The van der Waals surface area contributed by atoms with Crippen molar-refractivity contribution in [3.63, 3.8) is 0 Å². The van der Waals surface area contributed by atoms with Crippen LogP contribution in [0, 0.1) is 0 Å². The molecule has 0 spiro atoms. The molecule has 0 radical (unpaired) electrons. The molecule has 0 amide bonds. The molecule has 0 N–H and O–H groups in total. The lowest BCUT2D eigenvalue weighted by Gasteiger charge is -1.90. The van der Waals surface area contributed by atoms with Gasteiger partial charge in [0.05, 0.1) is 0 Å². The molecule has 2 rings (SSSR count). The van der Waals surface area contributed by atoms with E-state index < -0.39 is 0 Å². The second kappa shape index (κ2) is 2.47. The second-order valence-electron chi connectivity index (χ2n) is 1.97. The molecule has 1 saturated heterocycles. The Bertz CT molecular complexity index is 228. The summed E-state index contributed by atoms with van der Waals surface area (Å²) >= 11 is 0. The molecule has 1 fully saturated rings. The van der Waals surface area contributed by atoms with Crippen molar-refractivity contribution in [3.05, 3.63) is 35.3 Å². The van der Waals surface area contributed by atoms with E-state index in [0.29, 0.717) is 15.4 Å². The van der Waals surface area contributed by atoms with Gasteiger partial charge in [0.1, 0.15) is 0 Å². The topological polar surface area (TPSA) is 18.5 Å². The normalized spacial score (nSPS) is 24.0. The van der Waals surface area contributed by atoms with Crippen molar-refractivity contribution in [1.82, 2.24) is 0 Å². The first kappa shape index (κ1) is 5.99. The van der Waals surface area contributed by atoms with Crippen LogP contribution in [0.1, 0.15) is 0 Å². The van der Waals surface area contributed by atoms with E-state index in [4.69, 9.17) is 9.47 Å². The Morgan fingerprint density at radius 3 is 3.20 bits per heavy atom. The van der Waals surface area contributed by atoms with Crippen molar-refractivity contribution >= 4 is 8.58 Å². The maximum Gasteiger partial charge on any atom is 0.231 e. The van der Waals surface area contributed by atoms with Gasteiger partial charge >= 0.3 is 0 Å². The first-order valence-corrected chi connectivity index (χ1v) is 4.21. The Morgan fingerprint density at radius 2 is 2.20 bits per heavy atom. The van der Waals surface area contributed by atoms with E-state index in [0.717, 1.165) is 11.5 Å². The van der Waals surface area contributed by atoms with Crippen molar-refractivity contribution in [2.45, 2.75) is 0 Å². The highest BCUT2D eigenvalue weighted by molar-refractivity contribution is 7.45. The second-order valence-corrected chi connectivity index (χ2v) is 2.93. The Hall–Kier alpha value is -0.750. The van der Waals surface area contributed by atoms with Crippen LogP contribution in [0.3, 0.4) is 0 Å². The van der Waals surface area contributed by atoms with Gasteiger partial charge in [0, 0.05) is 0 Å². The van der Waals surface area contributed by atoms with E-state index in [1.54, 1.807) is 0 Å². The maximum absolute atomic E-state index is 5.17. The number of rotatable bonds is 0. The lowest BCUT2D eigenvalue weighted by Crippen LogP contribution is -1.77. The van der Waals surface area contributed by atoms with E-state index in [9.17, 15) is 0 Å². The quantitative estimate of drug-likeness (QED) is 0.496. The van der Waals surface area contributed by atoms with Gasteiger partial charge < -0.3 is 9.47 Å². The van der Waals surface area contributed by atoms with Crippen LogP contribution in [-0.2, 0) is 9.47 Å². The molecule has 0 aromatic carbocycles. The van der Waals surface area contributed by atoms with Crippen LogP contribution in [0.5, 0.6) is 0 Å². The van der Waals surface area contributed by atoms with Gasteiger partial charge in [0.15, 0.2) is 11.5 Å². The molecule has 2 aliphatic heterocycles. The first-order chi connectivity index (χ1) is 4.97. The Labute approximate surface area is 61.0 Å². The summed E-state index contributed by atoms with van der Waals surface area (Å²) in [5.41, 5.74) is 0. The molecular weight excluding hydrogens is 147 g/mol. The lowest BCUT2D eigenvalue weighted by molar-refractivity contribution is 0.0978. The molecule has 2 nitrogen and oxygen atoms in total. The third kappa shape index (κ3) is 0.952. The fourth-order valence-corrected chi connectivity index (χ4v) is 1.54. The average Bonchev–Trinajstić information content (AvgIpc) is 2.28. The molecule has 0 bridgehead atoms. The largest absolute Gasteiger partial charge is 0.454 e. The number of hydrogen-bond acceptors (Lipinski definition) is 2. The molecule has 10 heavy (non-hydrogen) atoms. The molecule has 0 aliphatic carbocycles. The highest BCUT2D eigenvalue weighted by Crippen LogP contribution is 2.29. The standard InChI is InChI=1S/C7H7O2P/c1-2-6-7(4-10-3-1)9-5-8-6/h1-4,10H,5H2. The minimum absolute atomic E-state index is 0.371. The van der Waals surface area contributed by atoms with E-state index in [-0.39, 0.29) is 0 Å². The van der Waals surface area contributed by atoms with Crippen LogP contribution in [0.2, 0.25) is 0 Å². The molecule has 0 aromatic rings. The van der Waals surface area contributed by atoms with E-state index in [1.807, 2.05) is 18.0 Å². The van der Waals surface area contributed by atoms with Gasteiger partial charge in [-0.25, -0.2) is 0 Å². The SMILES string of the molecule is C1=CPC=C2OCOC2=C1. The number of hydrogen-bond donors (Lipinski definition) is 0. The Kier molecular flexibility index (Phi) is 1.48. The van der Waals surface area contributed by atoms with E-state index in [2.05, 4.69) is 5.82 Å². The molecule has 52 valence electrons. The van der Waals surface area contributed by atoms with Crippen LogP contribution < -0.4 is 0 Å². The zero-order chi connectivity index (χ0) is 6.81. The third-order valence-corrected chi connectivity index (χ3v) is 2.14. The van der Waals surface area contributed by atoms with Gasteiger partial charge in [-0.2, -0.15) is 0 Å². The highest BCUT2D eigenvalue weighted by atomic mass is 31.1. The predicted molar refractivity (Wildman–Crippen MR) is 40.7 cm³/mol. The van der Waals surface area contributed by atoms with Crippen LogP contribution in [-0.4, -0.2) is 6.79 Å². The highest BCUT2D eigenvalue weighted by Gasteiger charge is 2.15. The maximum atomic E-state index is 5.17. The summed E-state index contributed by atoms with van der Waals surface area (Å²) in [6.07, 6.45) is 3.92.